The van der Waals surface area contributed by atoms with Gasteiger partial charge < -0.3 is 14.4 Å². The molecule has 4 aromatic rings. The maximum Gasteiger partial charge on any atom is 0.260 e. The van der Waals surface area contributed by atoms with Gasteiger partial charge in [0.1, 0.15) is 17.1 Å². The van der Waals surface area contributed by atoms with Crippen molar-refractivity contribution in [1.29, 1.82) is 0 Å². The summed E-state index contributed by atoms with van der Waals surface area (Å²) in [5.41, 5.74) is 7.25. The van der Waals surface area contributed by atoms with E-state index in [9.17, 15) is 4.79 Å². The van der Waals surface area contributed by atoms with Crippen LogP contribution in [0.4, 0.5) is 0 Å². The average Bonchev–Trinajstić information content (AvgIpc) is 3.15. The highest BCUT2D eigenvalue weighted by Gasteiger charge is 2.38. The SMILES string of the molecule is [2H]n1ccc2c(=O)[nH]c([C@H]3CC[C@H]3c3nc4c(C)c(C)c(C)cn4c3C)nc21. The molecule has 6 nitrogen and oxygen atoms in total. The van der Waals surface area contributed by atoms with E-state index in [1.807, 2.05) is 0 Å². The molecule has 1 fully saturated rings. The minimum atomic E-state index is -0.175. The molecule has 4 heterocycles. The van der Waals surface area contributed by atoms with Crippen LogP contribution >= 0.6 is 0 Å². The van der Waals surface area contributed by atoms with Crippen molar-refractivity contribution >= 4 is 16.7 Å². The van der Waals surface area contributed by atoms with Crippen molar-refractivity contribution in [3.63, 3.8) is 0 Å². The van der Waals surface area contributed by atoms with Gasteiger partial charge in [-0.3, -0.25) is 4.79 Å². The number of imidazole rings is 1. The minimum absolute atomic E-state index is 0.123. The van der Waals surface area contributed by atoms with Crippen molar-refractivity contribution in [2.75, 3.05) is 0 Å². The largest absolute Gasteiger partial charge is 0.346 e. The zero-order valence-corrected chi connectivity index (χ0v) is 16.0. The summed E-state index contributed by atoms with van der Waals surface area (Å²) >= 11 is 0. The number of hydrogen-bond acceptors (Lipinski definition) is 3. The van der Waals surface area contributed by atoms with E-state index in [4.69, 9.17) is 6.40 Å². The number of aromatic nitrogens is 5. The molecule has 0 radical (unpaired) electrons. The predicted octanol–water partition coefficient (Wildman–Crippen LogP) is 3.79. The summed E-state index contributed by atoms with van der Waals surface area (Å²) < 4.78 is 10.1. The molecule has 0 bridgehead atoms. The number of nitrogens with one attached hydrogen (secondary N) is 2. The Morgan fingerprint density at radius 1 is 1.15 bits per heavy atom. The van der Waals surface area contributed by atoms with Crippen LogP contribution in [0.15, 0.2) is 23.3 Å². The number of rotatable bonds is 2. The number of H-pyrrole nitrogens is 2. The second kappa shape index (κ2) is 5.55. The third-order valence-corrected chi connectivity index (χ3v) is 6.37. The topological polar surface area (TPSA) is 78.8 Å². The first-order chi connectivity index (χ1) is 13.4. The van der Waals surface area contributed by atoms with Crippen molar-refractivity contribution in [2.24, 2.45) is 0 Å². The van der Waals surface area contributed by atoms with Gasteiger partial charge in [-0.2, -0.15) is 0 Å². The molecule has 0 unspecified atom stereocenters. The summed E-state index contributed by atoms with van der Waals surface area (Å²) in [4.78, 5) is 26.1. The summed E-state index contributed by atoms with van der Waals surface area (Å²) in [6.45, 7) is 8.52. The van der Waals surface area contributed by atoms with Crippen molar-refractivity contribution < 1.29 is 1.41 Å². The lowest BCUT2D eigenvalue weighted by Gasteiger charge is -2.35. The number of pyridine rings is 1. The Kier molecular flexibility index (Phi) is 3.12. The van der Waals surface area contributed by atoms with Gasteiger partial charge in [-0.25, -0.2) is 9.97 Å². The van der Waals surface area contributed by atoms with Gasteiger partial charge in [0.15, 0.2) is 1.41 Å². The molecular weight excluding hydrogens is 338 g/mol. The molecule has 2 atom stereocenters. The van der Waals surface area contributed by atoms with Crippen LogP contribution in [0.5, 0.6) is 0 Å². The Balaban J connectivity index is 1.62. The van der Waals surface area contributed by atoms with E-state index in [-0.39, 0.29) is 17.4 Å². The van der Waals surface area contributed by atoms with E-state index in [0.717, 1.165) is 34.9 Å². The van der Waals surface area contributed by atoms with E-state index in [1.54, 1.807) is 12.3 Å². The fourth-order valence-corrected chi connectivity index (χ4v) is 4.31. The normalized spacial score (nSPS) is 20.2. The maximum absolute atomic E-state index is 12.4. The van der Waals surface area contributed by atoms with Gasteiger partial charge in [0.05, 0.1) is 11.1 Å². The van der Waals surface area contributed by atoms with Gasteiger partial charge >= 0.3 is 0 Å². The second-order valence-corrected chi connectivity index (χ2v) is 7.76. The fourth-order valence-electron chi connectivity index (χ4n) is 4.31. The molecule has 0 saturated heterocycles. The zero-order valence-electron chi connectivity index (χ0n) is 17.0. The number of hydrogen-bond donors (Lipinski definition) is 2. The van der Waals surface area contributed by atoms with Crippen LogP contribution in [0.2, 0.25) is 1.41 Å². The Bertz CT molecular complexity index is 1310. The molecular formula is C21H23N5O. The fraction of sp³-hybridized carbons (Fsp3) is 0.381. The van der Waals surface area contributed by atoms with Gasteiger partial charge in [-0.1, -0.05) is 0 Å². The molecule has 0 spiro atoms. The van der Waals surface area contributed by atoms with Crippen LogP contribution < -0.4 is 5.56 Å². The Hall–Kier alpha value is -2.89. The van der Waals surface area contributed by atoms with E-state index in [2.05, 4.69) is 48.3 Å². The first-order valence-electron chi connectivity index (χ1n) is 9.87. The molecule has 2 N–H and O–H groups in total. The standard InChI is InChI=1S/C21H23N5O/c1-10-9-26-13(4)17(23-20(26)12(3)11(10)2)14-5-6-15(14)19-24-18-16(7-8-22-18)21(27)25-19/h7-9,14-15H,5-6H2,1-4H3,(H2,22,24,25,27)/t14-,15+/m1/s1/i/hD. The Labute approximate surface area is 158 Å². The van der Waals surface area contributed by atoms with Crippen LogP contribution in [-0.4, -0.2) is 24.3 Å². The first kappa shape index (κ1) is 15.2. The molecule has 6 heteroatoms. The lowest BCUT2D eigenvalue weighted by atomic mass is 9.71. The molecule has 4 aromatic heterocycles. The molecule has 138 valence electrons. The average molecular weight is 362 g/mol. The third kappa shape index (κ3) is 2.22. The monoisotopic (exact) mass is 362 g/mol. The molecule has 27 heavy (non-hydrogen) atoms. The van der Waals surface area contributed by atoms with Crippen molar-refractivity contribution in [1.82, 2.24) is 24.3 Å². The number of nitrogens with zero attached hydrogens (tertiary/aromatic N) is 3. The summed E-state index contributed by atoms with van der Waals surface area (Å²) in [7, 11) is 0. The van der Waals surface area contributed by atoms with E-state index < -0.39 is 0 Å². The van der Waals surface area contributed by atoms with Crippen LogP contribution in [-0.2, 0) is 0 Å². The lowest BCUT2D eigenvalue weighted by Crippen LogP contribution is -2.27. The van der Waals surface area contributed by atoms with Crippen molar-refractivity contribution in [2.45, 2.75) is 52.4 Å². The number of aryl methyl sites for hydroxylation is 3. The van der Waals surface area contributed by atoms with E-state index in [1.165, 1.54) is 16.7 Å². The van der Waals surface area contributed by atoms with Crippen LogP contribution in [0.1, 0.15) is 58.6 Å². The lowest BCUT2D eigenvalue weighted by molar-refractivity contribution is 0.326. The molecule has 0 aliphatic heterocycles. The highest BCUT2D eigenvalue weighted by atomic mass is 16.1. The zero-order chi connectivity index (χ0) is 19.7. The molecule has 0 aromatic carbocycles. The second-order valence-electron chi connectivity index (χ2n) is 7.76. The van der Waals surface area contributed by atoms with E-state index >= 15 is 0 Å². The van der Waals surface area contributed by atoms with E-state index in [0.29, 0.717) is 16.9 Å². The van der Waals surface area contributed by atoms with Crippen LogP contribution in [0, 0.1) is 27.7 Å². The molecule has 1 aliphatic carbocycles. The van der Waals surface area contributed by atoms with Gasteiger partial charge in [0, 0.05) is 29.9 Å². The van der Waals surface area contributed by atoms with Gasteiger partial charge in [-0.05, 0) is 63.3 Å². The first-order valence-corrected chi connectivity index (χ1v) is 9.42. The quantitative estimate of drug-likeness (QED) is 0.569. The molecule has 5 rings (SSSR count). The van der Waals surface area contributed by atoms with Gasteiger partial charge in [-0.15, -0.1) is 0 Å². The van der Waals surface area contributed by atoms with Crippen LogP contribution in [0.3, 0.4) is 0 Å². The van der Waals surface area contributed by atoms with Crippen molar-refractivity contribution in [3.8, 4) is 0 Å². The molecule has 1 aliphatic rings. The summed E-state index contributed by atoms with van der Waals surface area (Å²) in [6, 6.07) is 1.63. The smallest absolute Gasteiger partial charge is 0.260 e. The number of fused-ring (bicyclic) bond motifs is 2. The Morgan fingerprint density at radius 3 is 2.67 bits per heavy atom. The summed E-state index contributed by atoms with van der Waals surface area (Å²) in [5, 5.41) is 0.458. The maximum atomic E-state index is 12.4. The van der Waals surface area contributed by atoms with Crippen molar-refractivity contribution in [3.05, 3.63) is 62.7 Å². The highest BCUT2D eigenvalue weighted by Crippen LogP contribution is 2.48. The Morgan fingerprint density at radius 2 is 1.93 bits per heavy atom. The molecule has 1 saturated carbocycles. The summed E-state index contributed by atoms with van der Waals surface area (Å²) in [5.74, 6) is 1.02. The van der Waals surface area contributed by atoms with Crippen LogP contribution in [0.25, 0.3) is 16.7 Å². The highest BCUT2D eigenvalue weighted by molar-refractivity contribution is 5.73. The predicted molar refractivity (Wildman–Crippen MR) is 106 cm³/mol. The third-order valence-electron chi connectivity index (χ3n) is 6.37. The molecule has 0 amide bonds. The minimum Gasteiger partial charge on any atom is -0.346 e. The van der Waals surface area contributed by atoms with Gasteiger partial charge in [0.2, 0.25) is 0 Å². The summed E-state index contributed by atoms with van der Waals surface area (Å²) in [6.07, 6.45) is 5.70. The number of aromatic amines is 2. The van der Waals surface area contributed by atoms with Gasteiger partial charge in [0.25, 0.3) is 5.56 Å².